The molecule has 3 atom stereocenters. The second-order valence-electron chi connectivity index (χ2n) is 6.90. The maximum absolute atomic E-state index is 11.8. The smallest absolute Gasteiger partial charge is 0.258 e. The zero-order chi connectivity index (χ0) is 19.6. The molecule has 27 heavy (non-hydrogen) atoms. The molecule has 0 aromatic heterocycles. The molecule has 1 aromatic rings. The summed E-state index contributed by atoms with van der Waals surface area (Å²) in [5.74, 6) is 1.01. The van der Waals surface area contributed by atoms with Gasteiger partial charge in [-0.1, -0.05) is 44.9 Å². The number of nitrogens with one attached hydrogen (secondary N) is 4. The molecular weight excluding hydrogens is 364 g/mol. The van der Waals surface area contributed by atoms with Crippen molar-refractivity contribution in [2.75, 3.05) is 13.2 Å². The fraction of sp³-hybridized carbons (Fsp3) is 0.526. The third-order valence-electron chi connectivity index (χ3n) is 4.90. The van der Waals surface area contributed by atoms with Gasteiger partial charge in [0.05, 0.1) is 6.54 Å². The van der Waals surface area contributed by atoms with Gasteiger partial charge in [-0.05, 0) is 42.6 Å². The molecule has 148 valence electrons. The van der Waals surface area contributed by atoms with E-state index in [0.29, 0.717) is 28.7 Å². The van der Waals surface area contributed by atoms with Crippen molar-refractivity contribution in [3.05, 3.63) is 30.3 Å². The Bertz CT molecular complexity index is 641. The topological polar surface area (TPSA) is 91.5 Å². The molecule has 0 spiro atoms. The minimum atomic E-state index is -0.391. The maximum atomic E-state index is 11.8. The molecule has 8 heteroatoms. The van der Waals surface area contributed by atoms with Gasteiger partial charge in [0.15, 0.2) is 11.7 Å². The van der Waals surface area contributed by atoms with Crippen molar-refractivity contribution in [2.24, 2.45) is 11.8 Å². The average Bonchev–Trinajstić information content (AvgIpc) is 2.67. The van der Waals surface area contributed by atoms with Crippen molar-refractivity contribution >= 4 is 29.1 Å². The highest BCUT2D eigenvalue weighted by Crippen LogP contribution is 2.29. The fourth-order valence-corrected chi connectivity index (χ4v) is 3.26. The van der Waals surface area contributed by atoms with Crippen molar-refractivity contribution in [2.45, 2.75) is 39.2 Å². The molecule has 2 rings (SSSR count). The summed E-state index contributed by atoms with van der Waals surface area (Å²) in [6.07, 6.45) is 3.48. The van der Waals surface area contributed by atoms with Crippen LogP contribution in [-0.2, 0) is 9.59 Å². The lowest BCUT2D eigenvalue weighted by Crippen LogP contribution is -2.54. The number of hydrogen-bond acceptors (Lipinski definition) is 4. The first-order valence-corrected chi connectivity index (χ1v) is 9.66. The Balaban J connectivity index is 1.59. The summed E-state index contributed by atoms with van der Waals surface area (Å²) < 4.78 is 5.31. The number of ether oxygens (including phenoxy) is 1. The van der Waals surface area contributed by atoms with Gasteiger partial charge in [0.1, 0.15) is 5.75 Å². The maximum Gasteiger partial charge on any atom is 0.258 e. The van der Waals surface area contributed by atoms with Gasteiger partial charge in [-0.25, -0.2) is 0 Å². The van der Waals surface area contributed by atoms with Crippen LogP contribution < -0.4 is 26.2 Å². The molecule has 1 aliphatic carbocycles. The van der Waals surface area contributed by atoms with Crippen molar-refractivity contribution in [3.63, 3.8) is 0 Å². The highest BCUT2D eigenvalue weighted by atomic mass is 32.1. The van der Waals surface area contributed by atoms with E-state index in [1.54, 1.807) is 12.1 Å². The van der Waals surface area contributed by atoms with Gasteiger partial charge in [-0.2, -0.15) is 0 Å². The predicted molar refractivity (Wildman–Crippen MR) is 108 cm³/mol. The van der Waals surface area contributed by atoms with Crippen LogP contribution in [0.5, 0.6) is 5.75 Å². The van der Waals surface area contributed by atoms with Crippen LogP contribution in [0.25, 0.3) is 0 Å². The Morgan fingerprint density at radius 3 is 2.59 bits per heavy atom. The van der Waals surface area contributed by atoms with Gasteiger partial charge >= 0.3 is 0 Å². The largest absolute Gasteiger partial charge is 0.484 e. The molecule has 0 unspecified atom stereocenters. The van der Waals surface area contributed by atoms with Gasteiger partial charge in [-0.15, -0.1) is 0 Å². The first-order chi connectivity index (χ1) is 13.0. The number of benzene rings is 1. The van der Waals surface area contributed by atoms with Crippen molar-refractivity contribution in [1.82, 2.24) is 21.5 Å². The van der Waals surface area contributed by atoms with Crippen molar-refractivity contribution < 1.29 is 14.3 Å². The van der Waals surface area contributed by atoms with Crippen LogP contribution in [0.1, 0.15) is 33.1 Å². The van der Waals surface area contributed by atoms with Crippen LogP contribution in [0.15, 0.2) is 30.3 Å². The second-order valence-corrected chi connectivity index (χ2v) is 7.31. The lowest BCUT2D eigenvalue weighted by molar-refractivity contribution is -0.127. The summed E-state index contributed by atoms with van der Waals surface area (Å²) >= 11 is 5.23. The minimum absolute atomic E-state index is 0.150. The van der Waals surface area contributed by atoms with Gasteiger partial charge < -0.3 is 15.4 Å². The summed E-state index contributed by atoms with van der Waals surface area (Å²) in [5, 5.41) is 6.13. The van der Waals surface area contributed by atoms with Crippen molar-refractivity contribution in [3.8, 4) is 5.75 Å². The van der Waals surface area contributed by atoms with Crippen LogP contribution in [0.2, 0.25) is 0 Å². The Labute approximate surface area is 165 Å². The van der Waals surface area contributed by atoms with Gasteiger partial charge in [0, 0.05) is 6.04 Å². The quantitative estimate of drug-likeness (QED) is 0.433. The fourth-order valence-electron chi connectivity index (χ4n) is 3.06. The number of para-hydroxylation sites is 1. The standard InChI is InChI=1S/C19H28N4O3S/c1-13-7-6-10-16(14(13)2)21-19(27)23-22-17(24)11-20-18(25)12-26-15-8-4-3-5-9-15/h3-5,8-9,13-14,16H,6-7,10-12H2,1-2H3,(H,20,25)(H,22,24)(H2,21,23,27)/t13-,14+,16+/m0/s1. The molecule has 1 saturated carbocycles. The third kappa shape index (κ3) is 7.42. The zero-order valence-corrected chi connectivity index (χ0v) is 16.6. The second kappa shape index (κ2) is 10.7. The molecule has 1 fully saturated rings. The SMILES string of the molecule is C[C@@H]1[C@@H](C)CCC[C@H]1NC(=S)NNC(=O)CNC(=O)COc1ccccc1. The van der Waals surface area contributed by atoms with E-state index in [2.05, 4.69) is 35.3 Å². The number of amides is 2. The summed E-state index contributed by atoms with van der Waals surface area (Å²) in [5.41, 5.74) is 5.16. The van der Waals surface area contributed by atoms with E-state index in [9.17, 15) is 9.59 Å². The van der Waals surface area contributed by atoms with E-state index in [0.717, 1.165) is 6.42 Å². The Hall–Kier alpha value is -2.35. The Morgan fingerprint density at radius 2 is 1.85 bits per heavy atom. The number of hydrazine groups is 1. The van der Waals surface area contributed by atoms with Crippen LogP contribution >= 0.6 is 12.2 Å². The highest BCUT2D eigenvalue weighted by molar-refractivity contribution is 7.80. The van der Waals surface area contributed by atoms with Gasteiger partial charge in [0.2, 0.25) is 0 Å². The van der Waals surface area contributed by atoms with Crippen molar-refractivity contribution in [1.29, 1.82) is 0 Å². The van der Waals surface area contributed by atoms with E-state index in [-0.39, 0.29) is 19.1 Å². The van der Waals surface area contributed by atoms with E-state index in [1.807, 2.05) is 18.2 Å². The summed E-state index contributed by atoms with van der Waals surface area (Å²) in [4.78, 5) is 23.5. The molecule has 0 heterocycles. The van der Waals surface area contributed by atoms with Gasteiger partial charge in [-0.3, -0.25) is 20.4 Å². The monoisotopic (exact) mass is 392 g/mol. The van der Waals surface area contributed by atoms with Crippen LogP contribution in [0.3, 0.4) is 0 Å². The number of rotatable bonds is 6. The van der Waals surface area contributed by atoms with Gasteiger partial charge in [0.25, 0.3) is 11.8 Å². The Morgan fingerprint density at radius 1 is 1.11 bits per heavy atom. The molecular formula is C19H28N4O3S. The normalized spacial score (nSPS) is 21.6. The third-order valence-corrected chi connectivity index (χ3v) is 5.12. The molecule has 0 radical (unpaired) electrons. The average molecular weight is 393 g/mol. The minimum Gasteiger partial charge on any atom is -0.484 e. The molecule has 0 saturated heterocycles. The molecule has 1 aliphatic rings. The summed E-state index contributed by atoms with van der Waals surface area (Å²) in [7, 11) is 0. The first kappa shape index (κ1) is 21.0. The highest BCUT2D eigenvalue weighted by Gasteiger charge is 2.27. The molecule has 2 amide bonds. The van der Waals surface area contributed by atoms with E-state index >= 15 is 0 Å². The first-order valence-electron chi connectivity index (χ1n) is 9.25. The molecule has 1 aromatic carbocycles. The molecule has 0 aliphatic heterocycles. The lowest BCUT2D eigenvalue weighted by Gasteiger charge is -2.35. The van der Waals surface area contributed by atoms with E-state index < -0.39 is 5.91 Å². The van der Waals surface area contributed by atoms with Crippen LogP contribution in [-0.4, -0.2) is 36.1 Å². The summed E-state index contributed by atoms with van der Waals surface area (Å²) in [6, 6.07) is 9.31. The van der Waals surface area contributed by atoms with E-state index in [4.69, 9.17) is 17.0 Å². The number of thiocarbonyl (C=S) groups is 1. The molecule has 4 N–H and O–H groups in total. The van der Waals surface area contributed by atoms with Crippen LogP contribution in [0.4, 0.5) is 0 Å². The number of carbonyl (C=O) groups excluding carboxylic acids is 2. The molecule has 0 bridgehead atoms. The number of hydrogen-bond donors (Lipinski definition) is 4. The predicted octanol–water partition coefficient (Wildman–Crippen LogP) is 1.50. The van der Waals surface area contributed by atoms with E-state index in [1.165, 1.54) is 12.8 Å². The molecule has 7 nitrogen and oxygen atoms in total. The Kier molecular flexibility index (Phi) is 8.32. The number of carbonyl (C=O) groups is 2. The lowest BCUT2D eigenvalue weighted by atomic mass is 9.78. The summed E-state index contributed by atoms with van der Waals surface area (Å²) in [6.45, 7) is 4.16. The zero-order valence-electron chi connectivity index (χ0n) is 15.8. The van der Waals surface area contributed by atoms with Crippen LogP contribution in [0, 0.1) is 11.8 Å².